The molecule has 1 aromatic heterocycles. The molecule has 1 amide bonds. The summed E-state index contributed by atoms with van der Waals surface area (Å²) in [5.41, 5.74) is 0. The summed E-state index contributed by atoms with van der Waals surface area (Å²) in [5.74, 6) is 5.55. The standard InChI is InChI=1S/C5H8ClN5O2/c6-1-2-13-5(12)11(7)4-8-3-9-10-4/h3H,1-2,7H2,(H,8,9,10). The minimum atomic E-state index is -0.750. The Balaban J connectivity index is 2.48. The van der Waals surface area contributed by atoms with E-state index in [2.05, 4.69) is 19.9 Å². The van der Waals surface area contributed by atoms with Crippen molar-refractivity contribution >= 4 is 23.6 Å². The van der Waals surface area contributed by atoms with Crippen molar-refractivity contribution in [3.63, 3.8) is 0 Å². The van der Waals surface area contributed by atoms with Crippen molar-refractivity contribution in [2.45, 2.75) is 0 Å². The highest BCUT2D eigenvalue weighted by molar-refractivity contribution is 6.18. The molecule has 0 saturated heterocycles. The summed E-state index contributed by atoms with van der Waals surface area (Å²) in [6, 6.07) is 0. The molecule has 72 valence electrons. The van der Waals surface area contributed by atoms with Gasteiger partial charge in [0.05, 0.1) is 5.88 Å². The van der Waals surface area contributed by atoms with Gasteiger partial charge in [0.2, 0.25) is 0 Å². The van der Waals surface area contributed by atoms with Gasteiger partial charge < -0.3 is 4.74 Å². The van der Waals surface area contributed by atoms with Crippen LogP contribution in [0.5, 0.6) is 0 Å². The molecule has 0 radical (unpaired) electrons. The second kappa shape index (κ2) is 4.63. The fraction of sp³-hybridized carbons (Fsp3) is 0.400. The normalized spacial score (nSPS) is 9.69. The van der Waals surface area contributed by atoms with Crippen LogP contribution in [0.4, 0.5) is 10.7 Å². The summed E-state index contributed by atoms with van der Waals surface area (Å²) in [6.07, 6.45) is 0.546. The fourth-order valence-corrected chi connectivity index (χ4v) is 0.672. The Hall–Kier alpha value is -1.34. The maximum Gasteiger partial charge on any atom is 0.431 e. The van der Waals surface area contributed by atoms with Gasteiger partial charge in [-0.1, -0.05) is 0 Å². The van der Waals surface area contributed by atoms with E-state index in [1.807, 2.05) is 0 Å². The number of rotatable bonds is 3. The van der Waals surface area contributed by atoms with Crippen molar-refractivity contribution in [1.29, 1.82) is 0 Å². The average Bonchev–Trinajstić information content (AvgIpc) is 2.65. The lowest BCUT2D eigenvalue weighted by molar-refractivity contribution is 0.160. The number of nitrogens with one attached hydrogen (secondary N) is 1. The molecule has 0 unspecified atom stereocenters. The van der Waals surface area contributed by atoms with E-state index in [-0.39, 0.29) is 18.4 Å². The van der Waals surface area contributed by atoms with Crippen molar-refractivity contribution < 1.29 is 9.53 Å². The lowest BCUT2D eigenvalue weighted by Crippen LogP contribution is -2.39. The van der Waals surface area contributed by atoms with Gasteiger partial charge in [0, 0.05) is 0 Å². The molecule has 1 heterocycles. The molecular formula is C5H8ClN5O2. The molecule has 0 bridgehead atoms. The Labute approximate surface area is 78.8 Å². The van der Waals surface area contributed by atoms with Crippen LogP contribution < -0.4 is 10.9 Å². The van der Waals surface area contributed by atoms with Gasteiger partial charge >= 0.3 is 6.09 Å². The summed E-state index contributed by atoms with van der Waals surface area (Å²) < 4.78 is 4.61. The second-order valence-corrected chi connectivity index (χ2v) is 2.35. The number of hydrazine groups is 1. The number of alkyl halides is 1. The number of amides is 1. The molecule has 0 aliphatic carbocycles. The minimum Gasteiger partial charge on any atom is -0.447 e. The predicted molar refractivity (Wildman–Crippen MR) is 45.1 cm³/mol. The van der Waals surface area contributed by atoms with Crippen LogP contribution >= 0.6 is 11.6 Å². The zero-order chi connectivity index (χ0) is 9.68. The molecule has 0 aliphatic heterocycles. The number of nitrogens with zero attached hydrogens (tertiary/aromatic N) is 3. The number of aromatic amines is 1. The smallest absolute Gasteiger partial charge is 0.431 e. The topological polar surface area (TPSA) is 97.1 Å². The fourth-order valence-electron chi connectivity index (χ4n) is 0.595. The number of carbonyl (C=O) groups excluding carboxylic acids is 1. The summed E-state index contributed by atoms with van der Waals surface area (Å²) in [5, 5.41) is 6.66. The first-order valence-corrected chi connectivity index (χ1v) is 3.92. The zero-order valence-corrected chi connectivity index (χ0v) is 7.36. The lowest BCUT2D eigenvalue weighted by Gasteiger charge is -2.10. The highest BCUT2D eigenvalue weighted by Crippen LogP contribution is 2.00. The third kappa shape index (κ3) is 2.56. The minimum absolute atomic E-state index is 0.0413. The molecule has 0 spiro atoms. The Morgan fingerprint density at radius 2 is 2.62 bits per heavy atom. The van der Waals surface area contributed by atoms with Crippen molar-refractivity contribution in [3.05, 3.63) is 6.33 Å². The highest BCUT2D eigenvalue weighted by Gasteiger charge is 2.15. The van der Waals surface area contributed by atoms with Crippen molar-refractivity contribution in [2.75, 3.05) is 17.5 Å². The number of H-pyrrole nitrogens is 1. The number of hydrogen-bond acceptors (Lipinski definition) is 5. The first kappa shape index (κ1) is 9.75. The van der Waals surface area contributed by atoms with Gasteiger partial charge in [-0.05, 0) is 0 Å². The van der Waals surface area contributed by atoms with Gasteiger partial charge in [-0.2, -0.15) is 9.99 Å². The molecule has 0 fully saturated rings. The van der Waals surface area contributed by atoms with Crippen LogP contribution in [0, 0.1) is 0 Å². The molecule has 0 aromatic carbocycles. The SMILES string of the molecule is NN(C(=O)OCCCl)c1nc[nH]n1. The van der Waals surface area contributed by atoms with E-state index in [1.54, 1.807) is 0 Å². The van der Waals surface area contributed by atoms with Gasteiger partial charge in [-0.3, -0.25) is 5.10 Å². The van der Waals surface area contributed by atoms with Crippen LogP contribution in [-0.4, -0.2) is 33.8 Å². The molecule has 7 nitrogen and oxygen atoms in total. The maximum atomic E-state index is 11.0. The Bertz CT molecular complexity index is 264. The van der Waals surface area contributed by atoms with Gasteiger partial charge in [0.15, 0.2) is 0 Å². The van der Waals surface area contributed by atoms with E-state index in [1.165, 1.54) is 6.33 Å². The van der Waals surface area contributed by atoms with Crippen LogP contribution in [0.3, 0.4) is 0 Å². The van der Waals surface area contributed by atoms with Crippen molar-refractivity contribution in [1.82, 2.24) is 15.2 Å². The molecular weight excluding hydrogens is 198 g/mol. The molecule has 0 atom stereocenters. The second-order valence-electron chi connectivity index (χ2n) is 1.97. The maximum absolute atomic E-state index is 11.0. The molecule has 13 heavy (non-hydrogen) atoms. The van der Waals surface area contributed by atoms with Crippen molar-refractivity contribution in [2.24, 2.45) is 5.84 Å². The monoisotopic (exact) mass is 205 g/mol. The van der Waals surface area contributed by atoms with Crippen LogP contribution in [0.1, 0.15) is 0 Å². The van der Waals surface area contributed by atoms with E-state index in [0.717, 1.165) is 0 Å². The number of aromatic nitrogens is 3. The molecule has 3 N–H and O–H groups in total. The number of nitrogens with two attached hydrogens (primary N) is 1. The number of hydrogen-bond donors (Lipinski definition) is 2. The van der Waals surface area contributed by atoms with Gasteiger partial charge in [0.1, 0.15) is 12.9 Å². The van der Waals surface area contributed by atoms with Gasteiger partial charge in [0.25, 0.3) is 5.95 Å². The van der Waals surface area contributed by atoms with Gasteiger partial charge in [-0.15, -0.1) is 16.7 Å². The number of anilines is 1. The zero-order valence-electron chi connectivity index (χ0n) is 6.61. The van der Waals surface area contributed by atoms with E-state index < -0.39 is 6.09 Å². The average molecular weight is 206 g/mol. The highest BCUT2D eigenvalue weighted by atomic mass is 35.5. The van der Waals surface area contributed by atoms with Crippen LogP contribution in [-0.2, 0) is 4.74 Å². The number of carbonyl (C=O) groups is 1. The molecule has 8 heteroatoms. The first-order chi connectivity index (χ1) is 6.25. The van der Waals surface area contributed by atoms with Crippen LogP contribution in [0.15, 0.2) is 6.33 Å². The summed E-state index contributed by atoms with van der Waals surface area (Å²) in [7, 11) is 0. The quantitative estimate of drug-likeness (QED) is 0.310. The lowest BCUT2D eigenvalue weighted by atomic mass is 10.8. The summed E-state index contributed by atoms with van der Waals surface area (Å²) >= 11 is 5.30. The largest absolute Gasteiger partial charge is 0.447 e. The van der Waals surface area contributed by atoms with E-state index in [4.69, 9.17) is 17.4 Å². The van der Waals surface area contributed by atoms with Crippen LogP contribution in [0.25, 0.3) is 0 Å². The number of halogens is 1. The third-order valence-corrected chi connectivity index (χ3v) is 1.27. The molecule has 1 rings (SSSR count). The van der Waals surface area contributed by atoms with E-state index >= 15 is 0 Å². The number of ether oxygens (including phenoxy) is 1. The third-order valence-electron chi connectivity index (χ3n) is 1.12. The molecule has 1 aromatic rings. The predicted octanol–water partition coefficient (Wildman–Crippen LogP) is -0.140. The Morgan fingerprint density at radius 1 is 1.85 bits per heavy atom. The van der Waals surface area contributed by atoms with Crippen LogP contribution in [0.2, 0.25) is 0 Å². The summed E-state index contributed by atoms with van der Waals surface area (Å²) in [6.45, 7) is 0.0957. The molecule has 0 aliphatic rings. The van der Waals surface area contributed by atoms with E-state index in [9.17, 15) is 4.79 Å². The van der Waals surface area contributed by atoms with E-state index in [0.29, 0.717) is 5.01 Å². The molecule has 0 saturated carbocycles. The Morgan fingerprint density at radius 3 is 3.15 bits per heavy atom. The first-order valence-electron chi connectivity index (χ1n) is 3.39. The Kier molecular flexibility index (Phi) is 3.47. The summed E-state index contributed by atoms with van der Waals surface area (Å²) in [4.78, 5) is 14.7. The van der Waals surface area contributed by atoms with Crippen molar-refractivity contribution in [3.8, 4) is 0 Å². The van der Waals surface area contributed by atoms with Gasteiger partial charge in [-0.25, -0.2) is 10.6 Å².